The molecule has 1 heterocycles. The summed E-state index contributed by atoms with van der Waals surface area (Å²) >= 11 is -1.02. The highest BCUT2D eigenvalue weighted by Crippen LogP contribution is 2.10. The Morgan fingerprint density at radius 3 is 2.89 bits per heavy atom. The van der Waals surface area contributed by atoms with Gasteiger partial charge in [-0.15, -0.1) is 0 Å². The molecule has 3 heteroatoms. The van der Waals surface area contributed by atoms with E-state index in [-0.39, 0.29) is 0 Å². The Bertz CT molecular complexity index is 224. The van der Waals surface area contributed by atoms with Crippen molar-refractivity contribution in [1.29, 1.82) is 0 Å². The second kappa shape index (κ2) is 3.00. The Kier molecular flexibility index (Phi) is 2.27. The van der Waals surface area contributed by atoms with E-state index in [2.05, 4.69) is 4.98 Å². The summed E-state index contributed by atoms with van der Waals surface area (Å²) in [5.74, 6) is 0. The lowest BCUT2D eigenvalue weighted by molar-refractivity contribution is 0.648. The molecule has 0 aliphatic heterocycles. The van der Waals surface area contributed by atoms with Crippen LogP contribution in [0.15, 0.2) is 18.3 Å². The van der Waals surface area contributed by atoms with Gasteiger partial charge >= 0.3 is 0 Å². The van der Waals surface area contributed by atoms with Crippen LogP contribution in [0, 0.1) is 10.5 Å². The second-order valence-corrected chi connectivity index (χ2v) is 3.25. The zero-order valence-corrected chi connectivity index (χ0v) is 7.12. The first-order chi connectivity index (χ1) is 4.34. The zero-order chi connectivity index (χ0) is 6.69. The van der Waals surface area contributed by atoms with Crippen LogP contribution in [0.4, 0.5) is 0 Å². The average molecular weight is 235 g/mol. The van der Waals surface area contributed by atoms with Crippen LogP contribution in [0.1, 0.15) is 5.69 Å². The van der Waals surface area contributed by atoms with Crippen LogP contribution >= 0.6 is 21.2 Å². The van der Waals surface area contributed by atoms with Gasteiger partial charge in [-0.05, 0) is 19.1 Å². The third kappa shape index (κ3) is 1.54. The summed E-state index contributed by atoms with van der Waals surface area (Å²) in [7, 11) is 0. The average Bonchev–Trinajstić information content (AvgIpc) is 1.89. The van der Waals surface area contributed by atoms with E-state index in [1.807, 2.05) is 13.0 Å². The van der Waals surface area contributed by atoms with E-state index in [1.165, 1.54) is 0 Å². The summed E-state index contributed by atoms with van der Waals surface area (Å²) in [5, 5.41) is 0. The molecule has 0 aliphatic rings. The lowest BCUT2D eigenvalue weighted by Gasteiger charge is -1.90. The van der Waals surface area contributed by atoms with Crippen LogP contribution in [-0.2, 0) is 3.07 Å². The largest absolute Gasteiger partial charge is 0.265 e. The molecule has 48 valence electrons. The minimum atomic E-state index is -1.02. The number of hydrogen-bond donors (Lipinski definition) is 0. The van der Waals surface area contributed by atoms with Gasteiger partial charge in [-0.25, -0.2) is 0 Å². The Balaban J connectivity index is 3.15. The molecule has 0 saturated carbocycles. The molecule has 0 N–H and O–H groups in total. The third-order valence-electron chi connectivity index (χ3n) is 1.03. The SMILES string of the molecule is Cc1ncccc1I=O. The molecule has 2 nitrogen and oxygen atoms in total. The van der Waals surface area contributed by atoms with Crippen LogP contribution in [0.3, 0.4) is 0 Å². The molecular weight excluding hydrogens is 229 g/mol. The van der Waals surface area contributed by atoms with Crippen molar-refractivity contribution >= 4 is 21.2 Å². The van der Waals surface area contributed by atoms with Gasteiger partial charge in [0.1, 0.15) is 0 Å². The quantitative estimate of drug-likeness (QED) is 0.695. The molecule has 0 amide bonds. The van der Waals surface area contributed by atoms with Crippen LogP contribution in [-0.4, -0.2) is 4.98 Å². The molecule has 0 aromatic carbocycles. The van der Waals surface area contributed by atoms with Gasteiger partial charge in [0.2, 0.25) is 0 Å². The van der Waals surface area contributed by atoms with Crippen molar-refractivity contribution in [3.63, 3.8) is 0 Å². The van der Waals surface area contributed by atoms with Crippen LogP contribution in [0.5, 0.6) is 0 Å². The maximum atomic E-state index is 10.4. The van der Waals surface area contributed by atoms with Crippen molar-refractivity contribution < 1.29 is 3.07 Å². The van der Waals surface area contributed by atoms with E-state index in [1.54, 1.807) is 12.3 Å². The van der Waals surface area contributed by atoms with Gasteiger partial charge in [0.15, 0.2) is 21.2 Å². The smallest absolute Gasteiger partial charge is 0.183 e. The van der Waals surface area contributed by atoms with Crippen molar-refractivity contribution in [2.24, 2.45) is 0 Å². The molecule has 0 atom stereocenters. The van der Waals surface area contributed by atoms with Crippen molar-refractivity contribution in [3.8, 4) is 0 Å². The van der Waals surface area contributed by atoms with Crippen molar-refractivity contribution in [2.75, 3.05) is 0 Å². The van der Waals surface area contributed by atoms with Gasteiger partial charge in [-0.1, -0.05) is 0 Å². The monoisotopic (exact) mass is 235 g/mol. The molecule has 0 aliphatic carbocycles. The fourth-order valence-corrected chi connectivity index (χ4v) is 1.36. The maximum Gasteiger partial charge on any atom is 0.183 e. The molecule has 1 aromatic rings. The summed E-state index contributed by atoms with van der Waals surface area (Å²) in [6.45, 7) is 1.87. The first-order valence-corrected chi connectivity index (χ1v) is 4.49. The molecule has 9 heavy (non-hydrogen) atoms. The summed E-state index contributed by atoms with van der Waals surface area (Å²) in [6, 6.07) is 3.66. The highest BCUT2D eigenvalue weighted by atomic mass is 127. The number of nitrogens with zero attached hydrogens (tertiary/aromatic N) is 1. The standard InChI is InChI=1S/C6H6INO/c1-5-6(7-9)3-2-4-8-5/h2-4H,1H3. The van der Waals surface area contributed by atoms with Gasteiger partial charge in [0.25, 0.3) is 0 Å². The fraction of sp³-hybridized carbons (Fsp3) is 0.167. The molecule has 0 unspecified atom stereocenters. The predicted molar refractivity (Wildman–Crippen MR) is 42.4 cm³/mol. The third-order valence-corrected chi connectivity index (χ3v) is 2.64. The summed E-state index contributed by atoms with van der Waals surface area (Å²) in [6.07, 6.45) is 1.71. The summed E-state index contributed by atoms with van der Waals surface area (Å²) in [5.41, 5.74) is 0.889. The maximum absolute atomic E-state index is 10.4. The fourth-order valence-electron chi connectivity index (χ4n) is 0.546. The number of hydrogen-bond acceptors (Lipinski definition) is 2. The first-order valence-electron chi connectivity index (χ1n) is 2.53. The molecule has 0 radical (unpaired) electrons. The summed E-state index contributed by atoms with van der Waals surface area (Å²) < 4.78 is 11.3. The number of rotatable bonds is 1. The predicted octanol–water partition coefficient (Wildman–Crippen LogP) is 1.88. The number of aromatic nitrogens is 1. The Morgan fingerprint density at radius 1 is 1.67 bits per heavy atom. The van der Waals surface area contributed by atoms with Gasteiger partial charge < -0.3 is 0 Å². The highest BCUT2D eigenvalue weighted by molar-refractivity contribution is 14.1. The van der Waals surface area contributed by atoms with E-state index in [0.29, 0.717) is 0 Å². The molecule has 0 fully saturated rings. The number of aryl methyl sites for hydroxylation is 1. The first kappa shape index (κ1) is 6.80. The lowest BCUT2D eigenvalue weighted by atomic mass is 10.4. The van der Waals surface area contributed by atoms with Gasteiger partial charge in [-0.3, -0.25) is 8.05 Å². The van der Waals surface area contributed by atoms with E-state index in [9.17, 15) is 3.07 Å². The molecule has 1 aromatic heterocycles. The van der Waals surface area contributed by atoms with Crippen molar-refractivity contribution in [1.82, 2.24) is 4.98 Å². The van der Waals surface area contributed by atoms with Crippen LogP contribution < -0.4 is 0 Å². The van der Waals surface area contributed by atoms with E-state index >= 15 is 0 Å². The van der Waals surface area contributed by atoms with Gasteiger partial charge in [0.05, 0.1) is 9.26 Å². The Labute approximate surface area is 64.0 Å². The van der Waals surface area contributed by atoms with Crippen molar-refractivity contribution in [3.05, 3.63) is 27.6 Å². The minimum absolute atomic E-state index is 0.889. The van der Waals surface area contributed by atoms with Gasteiger partial charge in [0, 0.05) is 6.20 Å². The Hall–Kier alpha value is -0.320. The summed E-state index contributed by atoms with van der Waals surface area (Å²) in [4.78, 5) is 3.98. The normalized spacial score (nSPS) is 9.44. The van der Waals surface area contributed by atoms with Crippen molar-refractivity contribution in [2.45, 2.75) is 6.92 Å². The van der Waals surface area contributed by atoms with E-state index in [0.717, 1.165) is 9.26 Å². The number of pyridine rings is 1. The Morgan fingerprint density at radius 2 is 2.44 bits per heavy atom. The van der Waals surface area contributed by atoms with E-state index < -0.39 is 21.2 Å². The van der Waals surface area contributed by atoms with Crippen LogP contribution in [0.2, 0.25) is 0 Å². The second-order valence-electron chi connectivity index (χ2n) is 1.65. The zero-order valence-electron chi connectivity index (χ0n) is 4.97. The topological polar surface area (TPSA) is 30.0 Å². The number of halogens is 1. The molecule has 1 rings (SSSR count). The minimum Gasteiger partial charge on any atom is -0.265 e. The highest BCUT2D eigenvalue weighted by Gasteiger charge is 1.93. The molecular formula is C6H6INO. The van der Waals surface area contributed by atoms with Gasteiger partial charge in [-0.2, -0.15) is 0 Å². The molecule has 0 saturated heterocycles. The molecule has 0 spiro atoms. The van der Waals surface area contributed by atoms with Crippen LogP contribution in [0.25, 0.3) is 0 Å². The lowest BCUT2D eigenvalue weighted by Crippen LogP contribution is -1.82. The molecule has 0 bridgehead atoms. The van der Waals surface area contributed by atoms with E-state index in [4.69, 9.17) is 0 Å².